The Bertz CT molecular complexity index is 444. The average molecular weight is 270 g/mol. The average Bonchev–Trinajstić information content (AvgIpc) is 2.84. The van der Waals surface area contributed by atoms with Crippen molar-refractivity contribution in [1.82, 2.24) is 4.90 Å². The Morgan fingerprint density at radius 1 is 1.44 bits per heavy atom. The number of ether oxygens (including phenoxy) is 1. The van der Waals surface area contributed by atoms with Gasteiger partial charge >= 0.3 is 5.97 Å². The van der Waals surface area contributed by atoms with Crippen molar-refractivity contribution in [3.8, 4) is 5.75 Å². The molecule has 2 rings (SSSR count). The summed E-state index contributed by atoms with van der Waals surface area (Å²) in [5, 5.41) is 9.85. The molecule has 1 atom stereocenters. The zero-order valence-corrected chi connectivity index (χ0v) is 11.0. The Labute approximate surface area is 111 Å². The summed E-state index contributed by atoms with van der Waals surface area (Å²) in [6.07, 6.45) is 2.08. The van der Waals surface area contributed by atoms with Crippen LogP contribution in [0.4, 0.5) is 0 Å². The lowest BCUT2D eigenvalue weighted by atomic mass is 10.1. The minimum Gasteiger partial charge on any atom is -0.497 e. The first-order valence-electron chi connectivity index (χ1n) is 5.94. The lowest BCUT2D eigenvalue weighted by Crippen LogP contribution is -2.31. The maximum absolute atomic E-state index is 11.5. The van der Waals surface area contributed by atoms with Gasteiger partial charge in [-0.05, 0) is 43.6 Å². The van der Waals surface area contributed by atoms with Crippen LogP contribution < -0.4 is 4.74 Å². The van der Waals surface area contributed by atoms with Gasteiger partial charge in [0.1, 0.15) is 11.8 Å². The molecule has 0 aromatic heterocycles. The van der Waals surface area contributed by atoms with Crippen molar-refractivity contribution >= 4 is 17.6 Å². The number of hydrogen-bond acceptors (Lipinski definition) is 3. The van der Waals surface area contributed by atoms with Crippen LogP contribution in [0.2, 0.25) is 5.02 Å². The quantitative estimate of drug-likeness (QED) is 0.913. The number of methoxy groups -OCH3 is 1. The topological polar surface area (TPSA) is 49.8 Å². The van der Waals surface area contributed by atoms with E-state index in [4.69, 9.17) is 16.3 Å². The molecule has 1 saturated heterocycles. The molecule has 1 N–H and O–H groups in total. The number of likely N-dealkylation sites (tertiary alicyclic amines) is 1. The van der Waals surface area contributed by atoms with E-state index in [1.54, 1.807) is 25.3 Å². The molecule has 0 spiro atoms. The maximum Gasteiger partial charge on any atom is 0.325 e. The van der Waals surface area contributed by atoms with Crippen molar-refractivity contribution in [1.29, 1.82) is 0 Å². The molecule has 0 aliphatic carbocycles. The molecule has 1 heterocycles. The summed E-state index contributed by atoms with van der Waals surface area (Å²) in [6, 6.07) is 4.47. The second-order valence-corrected chi connectivity index (χ2v) is 4.78. The van der Waals surface area contributed by atoms with Gasteiger partial charge in [0.2, 0.25) is 0 Å². The molecule has 1 aliphatic heterocycles. The van der Waals surface area contributed by atoms with E-state index in [1.807, 2.05) is 4.90 Å². The Balaban J connectivity index is 2.33. The van der Waals surface area contributed by atoms with Gasteiger partial charge in [0.25, 0.3) is 0 Å². The van der Waals surface area contributed by atoms with Crippen molar-refractivity contribution in [3.05, 3.63) is 28.8 Å². The molecule has 0 radical (unpaired) electrons. The van der Waals surface area contributed by atoms with Crippen LogP contribution in [-0.2, 0) is 4.79 Å². The molecule has 4 nitrogen and oxygen atoms in total. The summed E-state index contributed by atoms with van der Waals surface area (Å²) in [7, 11) is 1.56. The van der Waals surface area contributed by atoms with E-state index in [2.05, 4.69) is 0 Å². The Morgan fingerprint density at radius 3 is 2.61 bits per heavy atom. The van der Waals surface area contributed by atoms with E-state index in [0.717, 1.165) is 25.9 Å². The van der Waals surface area contributed by atoms with Gasteiger partial charge < -0.3 is 9.84 Å². The van der Waals surface area contributed by atoms with Crippen LogP contribution in [0.3, 0.4) is 0 Å². The first-order chi connectivity index (χ1) is 8.63. The summed E-state index contributed by atoms with van der Waals surface area (Å²) in [4.78, 5) is 13.4. The van der Waals surface area contributed by atoms with Gasteiger partial charge in [-0.15, -0.1) is 0 Å². The molecule has 0 amide bonds. The lowest BCUT2D eigenvalue weighted by Gasteiger charge is -2.24. The smallest absolute Gasteiger partial charge is 0.325 e. The maximum atomic E-state index is 11.5. The predicted molar refractivity (Wildman–Crippen MR) is 69.2 cm³/mol. The zero-order valence-electron chi connectivity index (χ0n) is 10.2. The summed E-state index contributed by atoms with van der Waals surface area (Å²) in [5.41, 5.74) is 0.631. The summed E-state index contributed by atoms with van der Waals surface area (Å²) >= 11 is 6.16. The van der Waals surface area contributed by atoms with E-state index >= 15 is 0 Å². The summed E-state index contributed by atoms with van der Waals surface area (Å²) in [6.45, 7) is 1.61. The molecule has 0 bridgehead atoms. The van der Waals surface area contributed by atoms with Crippen molar-refractivity contribution in [2.24, 2.45) is 0 Å². The van der Waals surface area contributed by atoms with Crippen LogP contribution in [0.5, 0.6) is 5.75 Å². The van der Waals surface area contributed by atoms with E-state index < -0.39 is 12.0 Å². The van der Waals surface area contributed by atoms with Crippen LogP contribution in [-0.4, -0.2) is 36.2 Å². The molecular formula is C13H16ClNO3. The van der Waals surface area contributed by atoms with Gasteiger partial charge in [-0.25, -0.2) is 0 Å². The van der Waals surface area contributed by atoms with Gasteiger partial charge in [0.05, 0.1) is 7.11 Å². The SMILES string of the molecule is COc1ccc(C(C(=O)O)N2CCCC2)c(Cl)c1. The van der Waals surface area contributed by atoms with Gasteiger partial charge in [-0.2, -0.15) is 0 Å². The van der Waals surface area contributed by atoms with Crippen molar-refractivity contribution in [2.75, 3.05) is 20.2 Å². The molecule has 1 aromatic rings. The van der Waals surface area contributed by atoms with Crippen LogP contribution in [0, 0.1) is 0 Å². The molecule has 98 valence electrons. The fourth-order valence-electron chi connectivity index (χ4n) is 2.34. The Hall–Kier alpha value is -1.26. The number of rotatable bonds is 4. The fourth-order valence-corrected chi connectivity index (χ4v) is 2.62. The minimum absolute atomic E-state index is 0.439. The van der Waals surface area contributed by atoms with E-state index in [9.17, 15) is 9.90 Å². The number of benzene rings is 1. The Morgan fingerprint density at radius 2 is 2.11 bits per heavy atom. The number of carboxylic acids is 1. The summed E-state index contributed by atoms with van der Waals surface area (Å²) < 4.78 is 5.07. The molecule has 18 heavy (non-hydrogen) atoms. The highest BCUT2D eigenvalue weighted by molar-refractivity contribution is 6.31. The highest BCUT2D eigenvalue weighted by atomic mass is 35.5. The van der Waals surface area contributed by atoms with Crippen LogP contribution >= 0.6 is 11.6 Å². The highest BCUT2D eigenvalue weighted by Crippen LogP contribution is 2.32. The molecule has 1 unspecified atom stereocenters. The van der Waals surface area contributed by atoms with Crippen LogP contribution in [0.15, 0.2) is 18.2 Å². The van der Waals surface area contributed by atoms with E-state index in [-0.39, 0.29) is 0 Å². The third-order valence-corrected chi connectivity index (χ3v) is 3.57. The number of nitrogens with zero attached hydrogens (tertiary/aromatic N) is 1. The molecule has 1 aliphatic rings. The third-order valence-electron chi connectivity index (χ3n) is 3.24. The van der Waals surface area contributed by atoms with Crippen molar-refractivity contribution in [3.63, 3.8) is 0 Å². The second kappa shape index (κ2) is 5.59. The fraction of sp³-hybridized carbons (Fsp3) is 0.462. The zero-order chi connectivity index (χ0) is 13.1. The monoisotopic (exact) mass is 269 g/mol. The van der Waals surface area contributed by atoms with Crippen LogP contribution in [0.25, 0.3) is 0 Å². The Kier molecular flexibility index (Phi) is 4.09. The van der Waals surface area contributed by atoms with Gasteiger partial charge in [-0.3, -0.25) is 9.69 Å². The minimum atomic E-state index is -0.857. The normalized spacial score (nSPS) is 17.7. The molecule has 5 heteroatoms. The molecular weight excluding hydrogens is 254 g/mol. The number of carboxylic acid groups (broad SMARTS) is 1. The largest absolute Gasteiger partial charge is 0.497 e. The number of carbonyl (C=O) groups is 1. The van der Waals surface area contributed by atoms with E-state index in [0.29, 0.717) is 16.3 Å². The first-order valence-corrected chi connectivity index (χ1v) is 6.31. The molecule has 0 saturated carbocycles. The second-order valence-electron chi connectivity index (χ2n) is 4.37. The number of halogens is 1. The summed E-state index contributed by atoms with van der Waals surface area (Å²) in [5.74, 6) is -0.224. The third kappa shape index (κ3) is 2.60. The number of hydrogen-bond donors (Lipinski definition) is 1. The van der Waals surface area contributed by atoms with Gasteiger partial charge in [-0.1, -0.05) is 17.7 Å². The van der Waals surface area contributed by atoms with E-state index in [1.165, 1.54) is 0 Å². The number of aliphatic carboxylic acids is 1. The molecule has 1 aromatic carbocycles. The standard InChI is InChI=1S/C13H16ClNO3/c1-18-9-4-5-10(11(14)8-9)12(13(16)17)15-6-2-3-7-15/h4-5,8,12H,2-3,6-7H2,1H3,(H,16,17). The van der Waals surface area contributed by atoms with Crippen molar-refractivity contribution < 1.29 is 14.6 Å². The predicted octanol–water partition coefficient (Wildman–Crippen LogP) is 2.57. The first kappa shape index (κ1) is 13.2. The van der Waals surface area contributed by atoms with Gasteiger partial charge in [0, 0.05) is 5.02 Å². The van der Waals surface area contributed by atoms with Gasteiger partial charge in [0.15, 0.2) is 0 Å². The van der Waals surface area contributed by atoms with Crippen molar-refractivity contribution in [2.45, 2.75) is 18.9 Å². The van der Waals surface area contributed by atoms with Crippen LogP contribution in [0.1, 0.15) is 24.4 Å². The highest BCUT2D eigenvalue weighted by Gasteiger charge is 2.31. The lowest BCUT2D eigenvalue weighted by molar-refractivity contribution is -0.143. The molecule has 1 fully saturated rings.